The lowest BCUT2D eigenvalue weighted by molar-refractivity contribution is -0.116. The van der Waals surface area contributed by atoms with E-state index in [1.807, 2.05) is 36.4 Å². The highest BCUT2D eigenvalue weighted by molar-refractivity contribution is 8.00. The lowest BCUT2D eigenvalue weighted by atomic mass is 10.1. The zero-order chi connectivity index (χ0) is 33.2. The fourth-order valence-corrected chi connectivity index (χ4v) is 5.84. The van der Waals surface area contributed by atoms with Crippen molar-refractivity contribution in [3.8, 4) is 5.75 Å². The van der Waals surface area contributed by atoms with Gasteiger partial charge in [-0.2, -0.15) is 0 Å². The molecular weight excluding hydrogens is 637 g/mol. The molecular formula is C37H29ClFN3O4S. The fraction of sp³-hybridized carbons (Fsp3) is 0.0541. The monoisotopic (exact) mass is 665 g/mol. The number of ether oxygens (including phenoxy) is 1. The van der Waals surface area contributed by atoms with Gasteiger partial charge in [0.1, 0.15) is 22.5 Å². The van der Waals surface area contributed by atoms with Gasteiger partial charge >= 0.3 is 0 Å². The number of thioether (sulfide) groups is 1. The Kier molecular flexibility index (Phi) is 11.1. The van der Waals surface area contributed by atoms with Crippen molar-refractivity contribution < 1.29 is 23.5 Å². The highest BCUT2D eigenvalue weighted by Gasteiger charge is 2.23. The molecule has 47 heavy (non-hydrogen) atoms. The molecule has 5 rings (SSSR count). The Hall–Kier alpha value is -5.38. The molecule has 0 saturated heterocycles. The molecule has 5 aromatic carbocycles. The van der Waals surface area contributed by atoms with Crippen LogP contribution in [0.4, 0.5) is 15.8 Å². The number of methoxy groups -OCH3 is 1. The quantitative estimate of drug-likeness (QED) is 0.0973. The molecule has 5 aromatic rings. The number of benzene rings is 5. The summed E-state index contributed by atoms with van der Waals surface area (Å²) in [5.41, 5.74) is 2.57. The van der Waals surface area contributed by atoms with Crippen LogP contribution in [0.2, 0.25) is 5.02 Å². The summed E-state index contributed by atoms with van der Waals surface area (Å²) in [6.45, 7) is 0. The summed E-state index contributed by atoms with van der Waals surface area (Å²) in [5.74, 6) is -1.27. The molecule has 236 valence electrons. The second-order valence-electron chi connectivity index (χ2n) is 10.2. The molecule has 7 nitrogen and oxygen atoms in total. The van der Waals surface area contributed by atoms with E-state index in [1.54, 1.807) is 66.7 Å². The highest BCUT2D eigenvalue weighted by Crippen LogP contribution is 2.38. The van der Waals surface area contributed by atoms with Crippen LogP contribution >= 0.6 is 23.4 Å². The maximum absolute atomic E-state index is 13.6. The van der Waals surface area contributed by atoms with E-state index in [0.717, 1.165) is 5.56 Å². The van der Waals surface area contributed by atoms with Crippen molar-refractivity contribution in [2.75, 3.05) is 17.7 Å². The van der Waals surface area contributed by atoms with E-state index >= 15 is 0 Å². The number of rotatable bonds is 11. The first kappa shape index (κ1) is 33.0. The van der Waals surface area contributed by atoms with E-state index in [4.69, 9.17) is 16.3 Å². The second-order valence-corrected chi connectivity index (χ2v) is 11.7. The Morgan fingerprint density at radius 2 is 1.47 bits per heavy atom. The van der Waals surface area contributed by atoms with Crippen LogP contribution in [0.5, 0.6) is 5.75 Å². The summed E-state index contributed by atoms with van der Waals surface area (Å²) >= 11 is 7.57. The molecule has 10 heteroatoms. The number of halogens is 2. The number of hydrogen-bond acceptors (Lipinski definition) is 5. The van der Waals surface area contributed by atoms with E-state index in [9.17, 15) is 18.8 Å². The van der Waals surface area contributed by atoms with E-state index in [-0.39, 0.29) is 11.6 Å². The van der Waals surface area contributed by atoms with Crippen molar-refractivity contribution >= 4 is 58.5 Å². The van der Waals surface area contributed by atoms with Crippen LogP contribution in [0.25, 0.3) is 6.08 Å². The normalized spacial score (nSPS) is 11.7. The molecule has 0 spiro atoms. The van der Waals surface area contributed by atoms with Gasteiger partial charge in [-0.05, 0) is 77.9 Å². The molecule has 1 unspecified atom stereocenters. The third-order valence-electron chi connectivity index (χ3n) is 6.82. The first-order valence-electron chi connectivity index (χ1n) is 14.4. The lowest BCUT2D eigenvalue weighted by Crippen LogP contribution is -2.30. The van der Waals surface area contributed by atoms with Crippen molar-refractivity contribution in [1.82, 2.24) is 5.32 Å². The summed E-state index contributed by atoms with van der Waals surface area (Å²) in [4.78, 5) is 40.8. The van der Waals surface area contributed by atoms with Crippen LogP contribution in [-0.2, 0) is 9.59 Å². The van der Waals surface area contributed by atoms with Gasteiger partial charge in [0.25, 0.3) is 11.8 Å². The van der Waals surface area contributed by atoms with Gasteiger partial charge in [-0.3, -0.25) is 14.4 Å². The molecule has 0 heterocycles. The van der Waals surface area contributed by atoms with Gasteiger partial charge in [-0.1, -0.05) is 78.3 Å². The van der Waals surface area contributed by atoms with Crippen molar-refractivity contribution in [3.63, 3.8) is 0 Å². The van der Waals surface area contributed by atoms with Crippen molar-refractivity contribution in [2.24, 2.45) is 0 Å². The molecule has 0 aliphatic heterocycles. The molecule has 0 aromatic heterocycles. The van der Waals surface area contributed by atoms with Crippen LogP contribution in [0.3, 0.4) is 0 Å². The van der Waals surface area contributed by atoms with Gasteiger partial charge in [-0.25, -0.2) is 4.39 Å². The zero-order valence-electron chi connectivity index (χ0n) is 25.1. The zero-order valence-corrected chi connectivity index (χ0v) is 26.6. The predicted octanol–water partition coefficient (Wildman–Crippen LogP) is 8.37. The smallest absolute Gasteiger partial charge is 0.272 e. The minimum absolute atomic E-state index is 0.0387. The number of hydrogen-bond donors (Lipinski definition) is 3. The van der Waals surface area contributed by atoms with E-state index in [0.29, 0.717) is 38.2 Å². The molecule has 3 amide bonds. The van der Waals surface area contributed by atoms with Gasteiger partial charge in [0.05, 0.1) is 12.1 Å². The Bertz CT molecular complexity index is 1900. The van der Waals surface area contributed by atoms with E-state index in [1.165, 1.54) is 49.2 Å². The first-order chi connectivity index (χ1) is 22.8. The summed E-state index contributed by atoms with van der Waals surface area (Å²) < 4.78 is 18.7. The summed E-state index contributed by atoms with van der Waals surface area (Å²) in [6.07, 6.45) is 1.47. The number of carbonyl (C=O) groups is 3. The van der Waals surface area contributed by atoms with Crippen LogP contribution in [0.1, 0.15) is 26.7 Å². The Labute approximate surface area is 280 Å². The third-order valence-corrected chi connectivity index (χ3v) is 8.36. The van der Waals surface area contributed by atoms with E-state index < -0.39 is 22.9 Å². The Balaban J connectivity index is 1.37. The number of carbonyl (C=O) groups excluding carboxylic acids is 3. The fourth-order valence-electron chi connectivity index (χ4n) is 4.50. The molecule has 0 fully saturated rings. The summed E-state index contributed by atoms with van der Waals surface area (Å²) in [6, 6.07) is 35.4. The molecule has 0 saturated carbocycles. The molecule has 0 aliphatic rings. The number of amides is 3. The molecule has 1 atom stereocenters. The maximum Gasteiger partial charge on any atom is 0.272 e. The average molecular weight is 666 g/mol. The Morgan fingerprint density at radius 3 is 2.15 bits per heavy atom. The summed E-state index contributed by atoms with van der Waals surface area (Å²) in [5, 5.41) is 8.16. The number of nitrogens with one attached hydrogen (secondary N) is 3. The summed E-state index contributed by atoms with van der Waals surface area (Å²) in [7, 11) is 1.52. The SMILES string of the molecule is COc1ccc(NC(=O)C(Sc2cccc(NC(=O)/C(=C/c3ccc(F)cc3)NC(=O)c3ccccc3)c2)c2ccccc2)cc1Cl. The van der Waals surface area contributed by atoms with Crippen LogP contribution in [0.15, 0.2) is 138 Å². The molecule has 3 N–H and O–H groups in total. The van der Waals surface area contributed by atoms with Gasteiger partial charge in [0, 0.05) is 21.8 Å². The van der Waals surface area contributed by atoms with Crippen molar-refractivity contribution in [3.05, 3.63) is 161 Å². The first-order valence-corrected chi connectivity index (χ1v) is 15.7. The van der Waals surface area contributed by atoms with Crippen LogP contribution in [-0.4, -0.2) is 24.8 Å². The van der Waals surface area contributed by atoms with Gasteiger partial charge in [0.15, 0.2) is 0 Å². The second kappa shape index (κ2) is 15.8. The highest BCUT2D eigenvalue weighted by atomic mass is 35.5. The predicted molar refractivity (Wildman–Crippen MR) is 185 cm³/mol. The van der Waals surface area contributed by atoms with Crippen LogP contribution < -0.4 is 20.7 Å². The van der Waals surface area contributed by atoms with Crippen LogP contribution in [0, 0.1) is 5.82 Å². The number of anilines is 2. The largest absolute Gasteiger partial charge is 0.495 e. The maximum atomic E-state index is 13.6. The molecule has 0 radical (unpaired) electrons. The Morgan fingerprint density at radius 1 is 0.787 bits per heavy atom. The van der Waals surface area contributed by atoms with Gasteiger partial charge in [-0.15, -0.1) is 11.8 Å². The minimum Gasteiger partial charge on any atom is -0.495 e. The average Bonchev–Trinajstić information content (AvgIpc) is 3.09. The van der Waals surface area contributed by atoms with Gasteiger partial charge in [0.2, 0.25) is 5.91 Å². The third kappa shape index (κ3) is 9.09. The topological polar surface area (TPSA) is 96.5 Å². The van der Waals surface area contributed by atoms with E-state index in [2.05, 4.69) is 16.0 Å². The molecule has 0 bridgehead atoms. The standard InChI is InChI=1S/C37H29ClFN3O4S/c1-46-33-20-19-29(23-31(33)38)41-37(45)34(25-9-4-2-5-10-25)47-30-14-8-13-28(22-30)40-36(44)32(21-24-15-17-27(39)18-16-24)42-35(43)26-11-6-3-7-12-26/h2-23,34H,1H3,(H,40,44)(H,41,45)(H,42,43)/b32-21-. The molecule has 0 aliphatic carbocycles. The van der Waals surface area contributed by atoms with Crippen molar-refractivity contribution in [2.45, 2.75) is 10.1 Å². The van der Waals surface area contributed by atoms with Crippen molar-refractivity contribution in [1.29, 1.82) is 0 Å². The van der Waals surface area contributed by atoms with Gasteiger partial charge < -0.3 is 20.7 Å². The lowest BCUT2D eigenvalue weighted by Gasteiger charge is -2.18. The minimum atomic E-state index is -0.651.